The molecule has 0 bridgehead atoms. The van der Waals surface area contributed by atoms with Gasteiger partial charge in [0.15, 0.2) is 4.80 Å². The van der Waals surface area contributed by atoms with Crippen molar-refractivity contribution in [2.75, 3.05) is 6.61 Å². The summed E-state index contributed by atoms with van der Waals surface area (Å²) < 4.78 is 9.87. The highest BCUT2D eigenvalue weighted by Crippen LogP contribution is 2.31. The molecule has 6 nitrogen and oxygen atoms in total. The highest BCUT2D eigenvalue weighted by Gasteiger charge is 2.33. The van der Waals surface area contributed by atoms with Gasteiger partial charge < -0.3 is 9.30 Å². The Morgan fingerprint density at radius 3 is 2.33 bits per heavy atom. The Kier molecular flexibility index (Phi) is 7.03. The van der Waals surface area contributed by atoms with Gasteiger partial charge in [-0.25, -0.2) is 9.79 Å². The first kappa shape index (κ1) is 26.6. The molecule has 7 heteroatoms. The molecule has 0 spiro atoms. The third-order valence-corrected chi connectivity index (χ3v) is 8.31. The van der Waals surface area contributed by atoms with Crippen LogP contribution in [-0.4, -0.2) is 21.7 Å². The van der Waals surface area contributed by atoms with Gasteiger partial charge in [0.1, 0.15) is 0 Å². The molecule has 200 valence electrons. The van der Waals surface area contributed by atoms with Gasteiger partial charge in [0, 0.05) is 11.4 Å². The van der Waals surface area contributed by atoms with Crippen molar-refractivity contribution < 1.29 is 9.53 Å². The molecule has 2 aromatic carbocycles. The molecule has 1 atom stereocenters. The average molecular weight is 540 g/mol. The lowest BCUT2D eigenvalue weighted by atomic mass is 9.95. The number of esters is 1. The highest BCUT2D eigenvalue weighted by atomic mass is 32.1. The van der Waals surface area contributed by atoms with E-state index < -0.39 is 12.0 Å². The lowest BCUT2D eigenvalue weighted by molar-refractivity contribution is -0.139. The van der Waals surface area contributed by atoms with Gasteiger partial charge in [-0.1, -0.05) is 59.4 Å². The lowest BCUT2D eigenvalue weighted by Gasteiger charge is -2.24. The molecule has 39 heavy (non-hydrogen) atoms. The van der Waals surface area contributed by atoms with Crippen LogP contribution >= 0.6 is 11.3 Å². The Hall–Kier alpha value is -3.97. The van der Waals surface area contributed by atoms with Crippen LogP contribution in [0, 0.1) is 34.6 Å². The van der Waals surface area contributed by atoms with Crippen LogP contribution in [0.2, 0.25) is 0 Å². The second-order valence-electron chi connectivity index (χ2n) is 10.1. The Bertz CT molecular complexity index is 1800. The maximum Gasteiger partial charge on any atom is 0.338 e. The number of aryl methyl sites for hydroxylation is 4. The molecule has 0 radical (unpaired) electrons. The third-order valence-electron chi connectivity index (χ3n) is 7.33. The normalized spacial score (nSPS) is 15.4. The van der Waals surface area contributed by atoms with Crippen LogP contribution in [0.4, 0.5) is 0 Å². The monoisotopic (exact) mass is 539 g/mol. The van der Waals surface area contributed by atoms with Gasteiger partial charge in [0.05, 0.1) is 34.1 Å². The zero-order chi connectivity index (χ0) is 28.0. The molecule has 4 aromatic rings. The highest BCUT2D eigenvalue weighted by molar-refractivity contribution is 7.07. The molecule has 5 rings (SSSR count). The van der Waals surface area contributed by atoms with Crippen molar-refractivity contribution in [3.8, 4) is 5.69 Å². The molecule has 0 saturated carbocycles. The first-order valence-electron chi connectivity index (χ1n) is 13.1. The van der Waals surface area contributed by atoms with Gasteiger partial charge in [0.25, 0.3) is 5.56 Å². The molecule has 0 fully saturated rings. The van der Waals surface area contributed by atoms with E-state index in [-0.39, 0.29) is 12.2 Å². The summed E-state index contributed by atoms with van der Waals surface area (Å²) in [7, 11) is 0. The zero-order valence-electron chi connectivity index (χ0n) is 23.5. The molecule has 1 aliphatic heterocycles. The SMILES string of the molecule is CCOC(=O)C1=C(C)N=c2s/c(=C/c3cc(C)n(-c4c(C)cccc4C)c3C)c(=O)n2[C@H]1c1ccc(C)cc1. The van der Waals surface area contributed by atoms with Crippen molar-refractivity contribution in [1.29, 1.82) is 0 Å². The van der Waals surface area contributed by atoms with Gasteiger partial charge in [-0.3, -0.25) is 9.36 Å². The fourth-order valence-corrected chi connectivity index (χ4v) is 6.47. The maximum atomic E-state index is 14.0. The van der Waals surface area contributed by atoms with E-state index in [9.17, 15) is 9.59 Å². The maximum absolute atomic E-state index is 14.0. The van der Waals surface area contributed by atoms with Gasteiger partial charge in [-0.05, 0) is 82.9 Å². The molecule has 0 aliphatic carbocycles. The predicted molar refractivity (Wildman–Crippen MR) is 156 cm³/mol. The van der Waals surface area contributed by atoms with E-state index in [0.29, 0.717) is 20.6 Å². The summed E-state index contributed by atoms with van der Waals surface area (Å²) in [4.78, 5) is 32.3. The first-order chi connectivity index (χ1) is 18.6. The largest absolute Gasteiger partial charge is 0.463 e. The summed E-state index contributed by atoms with van der Waals surface area (Å²) in [6, 6.07) is 15.7. The summed E-state index contributed by atoms with van der Waals surface area (Å²) in [6.07, 6.45) is 1.95. The number of hydrogen-bond acceptors (Lipinski definition) is 5. The predicted octanol–water partition coefficient (Wildman–Crippen LogP) is 5.13. The number of allylic oxidation sites excluding steroid dienone is 1. The molecule has 0 amide bonds. The van der Waals surface area contributed by atoms with Crippen molar-refractivity contribution in [3.63, 3.8) is 0 Å². The Morgan fingerprint density at radius 1 is 1.03 bits per heavy atom. The van der Waals surface area contributed by atoms with Crippen LogP contribution in [0.25, 0.3) is 11.8 Å². The number of para-hydroxylation sites is 1. The topological polar surface area (TPSA) is 65.6 Å². The van der Waals surface area contributed by atoms with Gasteiger partial charge in [0.2, 0.25) is 0 Å². The van der Waals surface area contributed by atoms with Crippen LogP contribution in [0.1, 0.15) is 59.1 Å². The van der Waals surface area contributed by atoms with E-state index in [2.05, 4.69) is 56.5 Å². The number of benzene rings is 2. The summed E-state index contributed by atoms with van der Waals surface area (Å²) in [6.45, 7) is 14.3. The molecule has 3 heterocycles. The van der Waals surface area contributed by atoms with Crippen LogP contribution < -0.4 is 14.9 Å². The average Bonchev–Trinajstić information content (AvgIpc) is 3.33. The molecule has 0 N–H and O–H groups in total. The minimum Gasteiger partial charge on any atom is -0.463 e. The lowest BCUT2D eigenvalue weighted by Crippen LogP contribution is -2.39. The Balaban J connectivity index is 1.71. The fraction of sp³-hybridized carbons (Fsp3) is 0.281. The van der Waals surface area contributed by atoms with Gasteiger partial charge in [-0.2, -0.15) is 0 Å². The number of hydrogen-bond donors (Lipinski definition) is 0. The number of thiazole rings is 1. The van der Waals surface area contributed by atoms with E-state index in [1.807, 2.05) is 44.2 Å². The van der Waals surface area contributed by atoms with E-state index >= 15 is 0 Å². The van der Waals surface area contributed by atoms with E-state index in [1.165, 1.54) is 28.2 Å². The number of ether oxygens (including phenoxy) is 1. The number of carbonyl (C=O) groups excluding carboxylic acids is 1. The molecular formula is C32H33N3O3S. The number of fused-ring (bicyclic) bond motifs is 1. The van der Waals surface area contributed by atoms with E-state index in [4.69, 9.17) is 9.73 Å². The zero-order valence-corrected chi connectivity index (χ0v) is 24.3. The third kappa shape index (κ3) is 4.61. The Morgan fingerprint density at radius 2 is 1.69 bits per heavy atom. The number of nitrogens with zero attached hydrogens (tertiary/aromatic N) is 3. The molecule has 1 aliphatic rings. The summed E-state index contributed by atoms with van der Waals surface area (Å²) >= 11 is 1.35. The second-order valence-corrected chi connectivity index (χ2v) is 11.1. The molecule has 0 unspecified atom stereocenters. The van der Waals surface area contributed by atoms with Crippen molar-refractivity contribution in [1.82, 2.24) is 9.13 Å². The van der Waals surface area contributed by atoms with Crippen LogP contribution in [0.15, 0.2) is 69.6 Å². The van der Waals surface area contributed by atoms with Crippen molar-refractivity contribution in [2.45, 2.75) is 54.5 Å². The summed E-state index contributed by atoms with van der Waals surface area (Å²) in [5.41, 5.74) is 9.45. The standard InChI is InChI=1S/C32H33N3O3S/c1-8-38-31(37)27-22(6)33-32-35(29(27)24-14-12-18(2)13-15-24)30(36)26(39-32)17-25-16-21(5)34(23(25)7)28-19(3)10-9-11-20(28)4/h9-17,29H,8H2,1-7H3/b26-17+/t29-/m0/s1. The summed E-state index contributed by atoms with van der Waals surface area (Å²) in [5, 5.41) is 0. The Labute approximate surface area is 232 Å². The van der Waals surface area contributed by atoms with Gasteiger partial charge >= 0.3 is 5.97 Å². The fourth-order valence-electron chi connectivity index (χ4n) is 5.43. The quantitative estimate of drug-likeness (QED) is 0.330. The minimum atomic E-state index is -0.606. The van der Waals surface area contributed by atoms with Crippen molar-refractivity contribution >= 4 is 23.4 Å². The molecular weight excluding hydrogens is 506 g/mol. The van der Waals surface area contributed by atoms with Crippen LogP contribution in [-0.2, 0) is 9.53 Å². The van der Waals surface area contributed by atoms with Crippen molar-refractivity contribution in [3.05, 3.63) is 119 Å². The van der Waals surface area contributed by atoms with Crippen LogP contribution in [0.5, 0.6) is 0 Å². The van der Waals surface area contributed by atoms with E-state index in [0.717, 1.165) is 28.1 Å². The number of carbonyl (C=O) groups is 1. The number of rotatable bonds is 5. The minimum absolute atomic E-state index is 0.171. The molecule has 2 aromatic heterocycles. The second kappa shape index (κ2) is 10.3. The van der Waals surface area contributed by atoms with Gasteiger partial charge in [-0.15, -0.1) is 0 Å². The number of aromatic nitrogens is 2. The molecule has 0 saturated heterocycles. The first-order valence-corrected chi connectivity index (χ1v) is 14.0. The summed E-state index contributed by atoms with van der Waals surface area (Å²) in [5.74, 6) is -0.448. The van der Waals surface area contributed by atoms with Crippen LogP contribution in [0.3, 0.4) is 0 Å². The smallest absolute Gasteiger partial charge is 0.338 e. The van der Waals surface area contributed by atoms with Crippen molar-refractivity contribution in [2.24, 2.45) is 4.99 Å². The van der Waals surface area contributed by atoms with E-state index in [1.54, 1.807) is 11.5 Å².